The predicted molar refractivity (Wildman–Crippen MR) is 185 cm³/mol. The molecule has 0 radical (unpaired) electrons. The van der Waals surface area contributed by atoms with Crippen LogP contribution in [0.1, 0.15) is 182 Å². The van der Waals surface area contributed by atoms with Crippen LogP contribution in [0.15, 0.2) is 0 Å². The molecule has 10 heteroatoms. The van der Waals surface area contributed by atoms with Crippen molar-refractivity contribution in [2.45, 2.75) is 213 Å². The highest BCUT2D eigenvalue weighted by Crippen LogP contribution is 2.30. The molecular formula is C38H68O10. The number of aliphatic hydroxyl groups excluding tert-OH is 1. The summed E-state index contributed by atoms with van der Waals surface area (Å²) < 4.78 is 28.8. The molecule has 0 aliphatic carbocycles. The SMILES string of the molecule is CCCCCCCC(=O)OC[C@H]1OC(O)[C@H](OC(=O)CCCCCCC)[C@@H](OC(=O)CCCCCCC)[C@@H]1OC(=O)CCCCCCC. The van der Waals surface area contributed by atoms with E-state index < -0.39 is 54.6 Å². The van der Waals surface area contributed by atoms with Gasteiger partial charge in [0.15, 0.2) is 24.6 Å². The van der Waals surface area contributed by atoms with Crippen molar-refractivity contribution in [1.82, 2.24) is 0 Å². The fourth-order valence-electron chi connectivity index (χ4n) is 5.80. The van der Waals surface area contributed by atoms with E-state index in [0.29, 0.717) is 25.7 Å². The maximum atomic E-state index is 13.1. The van der Waals surface area contributed by atoms with Crippen LogP contribution >= 0.6 is 0 Å². The normalized spacial score (nSPS) is 20.6. The van der Waals surface area contributed by atoms with Crippen LogP contribution in [0.3, 0.4) is 0 Å². The average molecular weight is 685 g/mol. The van der Waals surface area contributed by atoms with Crippen molar-refractivity contribution >= 4 is 23.9 Å². The van der Waals surface area contributed by atoms with Crippen molar-refractivity contribution in [3.63, 3.8) is 0 Å². The lowest BCUT2D eigenvalue weighted by Gasteiger charge is -2.43. The Bertz CT molecular complexity index is 862. The molecule has 0 aromatic heterocycles. The van der Waals surface area contributed by atoms with Gasteiger partial charge in [-0.1, -0.05) is 130 Å². The van der Waals surface area contributed by atoms with E-state index >= 15 is 0 Å². The van der Waals surface area contributed by atoms with Crippen molar-refractivity contribution in [3.8, 4) is 0 Å². The molecule has 0 aromatic rings. The number of hydrogen-bond donors (Lipinski definition) is 1. The Kier molecular flexibility index (Phi) is 26.1. The van der Waals surface area contributed by atoms with Gasteiger partial charge in [-0.2, -0.15) is 0 Å². The van der Waals surface area contributed by atoms with E-state index in [1.165, 1.54) is 0 Å². The Morgan fingerprint density at radius 1 is 0.458 bits per heavy atom. The van der Waals surface area contributed by atoms with E-state index in [2.05, 4.69) is 27.7 Å². The molecule has 48 heavy (non-hydrogen) atoms. The molecule has 1 N–H and O–H groups in total. The molecule has 0 spiro atoms. The van der Waals surface area contributed by atoms with Gasteiger partial charge in [0, 0.05) is 25.7 Å². The first kappa shape index (κ1) is 43.8. The summed E-state index contributed by atoms with van der Waals surface area (Å²) in [5.74, 6) is -2.06. The molecule has 280 valence electrons. The second-order valence-corrected chi connectivity index (χ2v) is 13.3. The zero-order valence-electron chi connectivity index (χ0n) is 30.7. The quantitative estimate of drug-likeness (QED) is 0.0465. The second-order valence-electron chi connectivity index (χ2n) is 13.3. The number of unbranched alkanes of at least 4 members (excludes halogenated alkanes) is 16. The molecule has 10 nitrogen and oxygen atoms in total. The Hall–Kier alpha value is -2.20. The van der Waals surface area contributed by atoms with Gasteiger partial charge in [-0.25, -0.2) is 0 Å². The van der Waals surface area contributed by atoms with Gasteiger partial charge >= 0.3 is 23.9 Å². The lowest BCUT2D eigenvalue weighted by Crippen LogP contribution is -2.62. The highest BCUT2D eigenvalue weighted by atomic mass is 16.7. The fraction of sp³-hybridized carbons (Fsp3) is 0.895. The zero-order valence-corrected chi connectivity index (χ0v) is 30.7. The number of aliphatic hydroxyl groups is 1. The van der Waals surface area contributed by atoms with Gasteiger partial charge in [0.1, 0.15) is 12.7 Å². The largest absolute Gasteiger partial charge is 0.463 e. The van der Waals surface area contributed by atoms with Crippen molar-refractivity contribution in [1.29, 1.82) is 0 Å². The maximum absolute atomic E-state index is 13.1. The smallest absolute Gasteiger partial charge is 0.306 e. The second kappa shape index (κ2) is 28.6. The minimum atomic E-state index is -1.68. The number of rotatable bonds is 29. The number of carbonyl (C=O) groups is 4. The Balaban J connectivity index is 3.12. The number of hydrogen-bond acceptors (Lipinski definition) is 10. The van der Waals surface area contributed by atoms with Crippen LogP contribution in [0.25, 0.3) is 0 Å². The molecule has 0 amide bonds. The van der Waals surface area contributed by atoms with Crippen LogP contribution in [0, 0.1) is 0 Å². The first-order chi connectivity index (χ1) is 23.3. The topological polar surface area (TPSA) is 135 Å². The van der Waals surface area contributed by atoms with Crippen molar-refractivity contribution in [2.75, 3.05) is 6.61 Å². The molecule has 0 aromatic carbocycles. The summed E-state index contributed by atoms with van der Waals surface area (Å²) in [4.78, 5) is 51.7. The van der Waals surface area contributed by atoms with Crippen molar-refractivity contribution < 1.29 is 48.0 Å². The van der Waals surface area contributed by atoms with Gasteiger partial charge in [-0.3, -0.25) is 19.2 Å². The molecule has 5 atom stereocenters. The van der Waals surface area contributed by atoms with Gasteiger partial charge in [0.25, 0.3) is 0 Å². The van der Waals surface area contributed by atoms with E-state index in [0.717, 1.165) is 103 Å². The monoisotopic (exact) mass is 684 g/mol. The summed E-state index contributed by atoms with van der Waals surface area (Å²) in [6.07, 6.45) is 12.7. The van der Waals surface area contributed by atoms with E-state index in [1.807, 2.05) is 0 Å². The summed E-state index contributed by atoms with van der Waals surface area (Å²) in [5, 5.41) is 11.1. The first-order valence-corrected chi connectivity index (χ1v) is 19.3. The molecule has 1 saturated heterocycles. The molecular weight excluding hydrogens is 616 g/mol. The minimum Gasteiger partial charge on any atom is -0.463 e. The standard InChI is InChI=1S/C38H68O10/c1-5-9-13-17-21-25-31(39)44-29-30-35(46-32(40)26-22-18-14-10-6-2)36(47-33(41)27-23-19-15-11-7-3)37(38(43)45-30)48-34(42)28-24-20-16-12-8-4/h30,35-38,43H,5-29H2,1-4H3/t30-,35-,36+,37-,38?/m1/s1. The summed E-state index contributed by atoms with van der Waals surface area (Å²) in [6.45, 7) is 8.16. The van der Waals surface area contributed by atoms with Crippen LogP contribution < -0.4 is 0 Å². The van der Waals surface area contributed by atoms with Gasteiger partial charge < -0.3 is 28.8 Å². The molecule has 0 bridgehead atoms. The van der Waals surface area contributed by atoms with E-state index in [9.17, 15) is 24.3 Å². The van der Waals surface area contributed by atoms with Gasteiger partial charge in [0.05, 0.1) is 0 Å². The number of carbonyl (C=O) groups excluding carboxylic acids is 4. The fourth-order valence-corrected chi connectivity index (χ4v) is 5.80. The van der Waals surface area contributed by atoms with Crippen LogP contribution in [0.2, 0.25) is 0 Å². The lowest BCUT2D eigenvalue weighted by atomic mass is 9.98. The minimum absolute atomic E-state index is 0.130. The molecule has 1 heterocycles. The van der Waals surface area contributed by atoms with Gasteiger partial charge in [-0.05, 0) is 25.7 Å². The summed E-state index contributed by atoms with van der Waals surface area (Å²) in [6, 6.07) is 0. The Labute approximate surface area is 290 Å². The molecule has 0 saturated carbocycles. The molecule has 1 aliphatic heterocycles. The molecule has 1 rings (SSSR count). The van der Waals surface area contributed by atoms with E-state index in [4.69, 9.17) is 23.7 Å². The summed E-state index contributed by atoms with van der Waals surface area (Å²) in [7, 11) is 0. The highest BCUT2D eigenvalue weighted by molar-refractivity contribution is 5.72. The molecule has 1 fully saturated rings. The van der Waals surface area contributed by atoms with Crippen molar-refractivity contribution in [3.05, 3.63) is 0 Å². The van der Waals surface area contributed by atoms with Crippen LogP contribution in [-0.2, 0) is 42.9 Å². The zero-order chi connectivity index (χ0) is 35.4. The Morgan fingerprint density at radius 3 is 1.19 bits per heavy atom. The van der Waals surface area contributed by atoms with Crippen LogP contribution in [0.5, 0.6) is 0 Å². The third-order valence-corrected chi connectivity index (χ3v) is 8.76. The number of esters is 4. The van der Waals surface area contributed by atoms with E-state index in [-0.39, 0.29) is 32.3 Å². The van der Waals surface area contributed by atoms with Gasteiger partial charge in [-0.15, -0.1) is 0 Å². The summed E-state index contributed by atoms with van der Waals surface area (Å²) >= 11 is 0. The van der Waals surface area contributed by atoms with Crippen LogP contribution in [-0.4, -0.2) is 66.3 Å². The van der Waals surface area contributed by atoms with Gasteiger partial charge in [0.2, 0.25) is 0 Å². The summed E-state index contributed by atoms with van der Waals surface area (Å²) in [5.41, 5.74) is 0. The van der Waals surface area contributed by atoms with Crippen molar-refractivity contribution in [2.24, 2.45) is 0 Å². The molecule has 1 aliphatic rings. The number of ether oxygens (including phenoxy) is 5. The maximum Gasteiger partial charge on any atom is 0.306 e. The lowest BCUT2D eigenvalue weighted by molar-refractivity contribution is -0.297. The van der Waals surface area contributed by atoms with E-state index in [1.54, 1.807) is 0 Å². The highest BCUT2D eigenvalue weighted by Gasteiger charge is 2.52. The molecule has 1 unspecified atom stereocenters. The Morgan fingerprint density at radius 2 is 0.792 bits per heavy atom. The first-order valence-electron chi connectivity index (χ1n) is 19.3. The van der Waals surface area contributed by atoms with Crippen LogP contribution in [0.4, 0.5) is 0 Å². The average Bonchev–Trinajstić information content (AvgIpc) is 3.06. The third kappa shape index (κ3) is 20.3. The third-order valence-electron chi connectivity index (χ3n) is 8.76. The predicted octanol–water partition coefficient (Wildman–Crippen LogP) is 8.42.